The Hall–Kier alpha value is -0.120. The summed E-state index contributed by atoms with van der Waals surface area (Å²) >= 11 is 0. The van der Waals surface area contributed by atoms with Gasteiger partial charge in [-0.15, -0.1) is 0 Å². The fourth-order valence-electron chi connectivity index (χ4n) is 0. The molecule has 16 heavy (non-hydrogen) atoms. The van der Waals surface area contributed by atoms with E-state index in [-0.39, 0.29) is 0 Å². The lowest BCUT2D eigenvalue weighted by atomic mass is 10.0. The number of ether oxygens (including phenoxy) is 1. The van der Waals surface area contributed by atoms with Gasteiger partial charge in [0.25, 0.3) is 0 Å². The van der Waals surface area contributed by atoms with E-state index < -0.39 is 11.4 Å². The van der Waals surface area contributed by atoms with Crippen LogP contribution in [0.4, 0.5) is 0 Å². The maximum atomic E-state index is 8.60. The van der Waals surface area contributed by atoms with Crippen LogP contribution in [0, 0.1) is 5.41 Å². The van der Waals surface area contributed by atoms with E-state index in [0.717, 1.165) is 0 Å². The van der Waals surface area contributed by atoms with Crippen molar-refractivity contribution >= 4 is 0 Å². The number of hydrogen-bond acceptors (Lipinski definition) is 3. The maximum Gasteiger partial charge on any atom is 0.159 e. The summed E-state index contributed by atoms with van der Waals surface area (Å²) in [5.74, 6) is -0.958. The summed E-state index contributed by atoms with van der Waals surface area (Å²) < 4.78 is 4.49. The molecule has 0 heterocycles. The lowest BCUT2D eigenvalue weighted by molar-refractivity contribution is -0.155. The maximum absolute atomic E-state index is 8.60. The van der Waals surface area contributed by atoms with Gasteiger partial charge in [-0.1, -0.05) is 27.7 Å². The molecule has 0 radical (unpaired) electrons. The Morgan fingerprint density at radius 1 is 0.688 bits per heavy atom. The summed E-state index contributed by atoms with van der Waals surface area (Å²) in [5.41, 5.74) is 0. The molecule has 0 atom stereocenters. The molecule has 0 aliphatic carbocycles. The summed E-state index contributed by atoms with van der Waals surface area (Å²) in [7, 11) is 1.46. The molecule has 0 aliphatic rings. The SMILES string of the molecule is CC(C)(C)C.CC(C)(C)O.COC(C)(C)O. The zero-order valence-corrected chi connectivity index (χ0v) is 12.8. The van der Waals surface area contributed by atoms with Crippen LogP contribution < -0.4 is 0 Å². The van der Waals surface area contributed by atoms with E-state index in [1.165, 1.54) is 7.11 Å². The van der Waals surface area contributed by atoms with Crippen LogP contribution >= 0.6 is 0 Å². The second-order valence-corrected chi connectivity index (χ2v) is 6.82. The minimum atomic E-state index is -0.958. The van der Waals surface area contributed by atoms with Crippen LogP contribution in [0.1, 0.15) is 62.3 Å². The van der Waals surface area contributed by atoms with Gasteiger partial charge in [-0.25, -0.2) is 0 Å². The Morgan fingerprint density at radius 2 is 0.750 bits per heavy atom. The van der Waals surface area contributed by atoms with Crippen LogP contribution in [-0.2, 0) is 4.74 Å². The molecule has 0 aromatic carbocycles. The third kappa shape index (κ3) is 278. The predicted molar refractivity (Wildman–Crippen MR) is 70.4 cm³/mol. The summed E-state index contributed by atoms with van der Waals surface area (Å²) in [6, 6.07) is 0. The lowest BCUT2D eigenvalue weighted by Gasteiger charge is -2.12. The van der Waals surface area contributed by atoms with E-state index in [1.54, 1.807) is 34.6 Å². The Balaban J connectivity index is -0.000000160. The summed E-state index contributed by atoms with van der Waals surface area (Å²) in [6.07, 6.45) is 0. The molecule has 102 valence electrons. The smallest absolute Gasteiger partial charge is 0.159 e. The van der Waals surface area contributed by atoms with Gasteiger partial charge in [0.15, 0.2) is 5.79 Å². The van der Waals surface area contributed by atoms with Crippen LogP contribution in [0.15, 0.2) is 0 Å². The zero-order valence-electron chi connectivity index (χ0n) is 12.8. The predicted octanol–water partition coefficient (Wildman–Crippen LogP) is 3.19. The lowest BCUT2D eigenvalue weighted by Crippen LogP contribution is -2.20. The number of hydrogen-bond donors (Lipinski definition) is 2. The van der Waals surface area contributed by atoms with Crippen LogP contribution in [0.3, 0.4) is 0 Å². The fraction of sp³-hybridized carbons (Fsp3) is 1.00. The topological polar surface area (TPSA) is 49.7 Å². The molecule has 0 spiro atoms. The largest absolute Gasteiger partial charge is 0.391 e. The van der Waals surface area contributed by atoms with Gasteiger partial charge < -0.3 is 14.9 Å². The molecule has 0 bridgehead atoms. The number of rotatable bonds is 1. The molecular weight excluding hydrogens is 204 g/mol. The summed E-state index contributed by atoms with van der Waals surface area (Å²) in [6.45, 7) is 17.1. The second-order valence-electron chi connectivity index (χ2n) is 6.82. The first kappa shape index (κ1) is 21.2. The minimum absolute atomic E-state index is 0.500. The molecule has 3 nitrogen and oxygen atoms in total. The zero-order chi connectivity index (χ0) is 14.2. The number of aliphatic hydroxyl groups is 2. The Kier molecular flexibility index (Phi) is 10.7. The van der Waals surface area contributed by atoms with Crippen molar-refractivity contribution < 1.29 is 14.9 Å². The van der Waals surface area contributed by atoms with E-state index >= 15 is 0 Å². The van der Waals surface area contributed by atoms with Gasteiger partial charge in [0, 0.05) is 7.11 Å². The monoisotopic (exact) mass is 236 g/mol. The molecule has 0 unspecified atom stereocenters. The van der Waals surface area contributed by atoms with E-state index in [1.807, 2.05) is 0 Å². The number of methoxy groups -OCH3 is 1. The van der Waals surface area contributed by atoms with Gasteiger partial charge >= 0.3 is 0 Å². The second kappa shape index (κ2) is 8.04. The van der Waals surface area contributed by atoms with Gasteiger partial charge in [-0.2, -0.15) is 0 Å². The minimum Gasteiger partial charge on any atom is -0.391 e. The van der Waals surface area contributed by atoms with Crippen molar-refractivity contribution in [2.24, 2.45) is 5.41 Å². The first-order chi connectivity index (χ1) is 6.56. The van der Waals surface area contributed by atoms with E-state index in [0.29, 0.717) is 5.41 Å². The average Bonchev–Trinajstić information content (AvgIpc) is 1.77. The van der Waals surface area contributed by atoms with E-state index in [4.69, 9.17) is 10.2 Å². The first-order valence-electron chi connectivity index (χ1n) is 5.56. The fourth-order valence-corrected chi connectivity index (χ4v) is 0. The Labute approximate surface area is 102 Å². The van der Waals surface area contributed by atoms with Crippen molar-refractivity contribution in [2.75, 3.05) is 7.11 Å². The highest BCUT2D eigenvalue weighted by Gasteiger charge is 2.06. The molecular formula is C13H32O3. The molecule has 0 aliphatic heterocycles. The molecule has 0 aromatic rings. The van der Waals surface area contributed by atoms with Gasteiger partial charge in [0.1, 0.15) is 0 Å². The van der Waals surface area contributed by atoms with Crippen molar-refractivity contribution in [2.45, 2.75) is 73.7 Å². The quantitative estimate of drug-likeness (QED) is 0.687. The summed E-state index contributed by atoms with van der Waals surface area (Å²) in [4.78, 5) is 0. The standard InChI is InChI=1S/C5H12.C4H10O2.C4H10O/c1-5(2,3)4;1-4(2,5)6-3;1-4(2,3)5/h1-4H3;5H,1-3H3;5H,1-3H3. The van der Waals surface area contributed by atoms with Crippen LogP contribution in [0.25, 0.3) is 0 Å². The van der Waals surface area contributed by atoms with Gasteiger partial charge in [-0.3, -0.25) is 0 Å². The van der Waals surface area contributed by atoms with Crippen molar-refractivity contribution in [1.29, 1.82) is 0 Å². The molecule has 3 heteroatoms. The van der Waals surface area contributed by atoms with Crippen molar-refractivity contribution in [1.82, 2.24) is 0 Å². The first-order valence-corrected chi connectivity index (χ1v) is 5.56. The van der Waals surface area contributed by atoms with Crippen molar-refractivity contribution in [3.05, 3.63) is 0 Å². The third-order valence-corrected chi connectivity index (χ3v) is 0.500. The highest BCUT2D eigenvalue weighted by molar-refractivity contribution is 4.51. The molecule has 2 N–H and O–H groups in total. The van der Waals surface area contributed by atoms with Gasteiger partial charge in [-0.05, 0) is 40.0 Å². The average molecular weight is 236 g/mol. The Morgan fingerprint density at radius 3 is 0.750 bits per heavy atom. The van der Waals surface area contributed by atoms with Crippen LogP contribution in [0.2, 0.25) is 0 Å². The van der Waals surface area contributed by atoms with Crippen molar-refractivity contribution in [3.8, 4) is 0 Å². The van der Waals surface area contributed by atoms with Gasteiger partial charge in [0.05, 0.1) is 5.60 Å². The molecule has 0 fully saturated rings. The normalized spacial score (nSPS) is 12.0. The van der Waals surface area contributed by atoms with Crippen molar-refractivity contribution in [3.63, 3.8) is 0 Å². The molecule has 0 aromatic heterocycles. The highest BCUT2D eigenvalue weighted by atomic mass is 16.6. The third-order valence-electron chi connectivity index (χ3n) is 0.500. The Bertz CT molecular complexity index is 120. The summed E-state index contributed by atoms with van der Waals surface area (Å²) in [5, 5.41) is 17.1. The van der Waals surface area contributed by atoms with Crippen LogP contribution in [0.5, 0.6) is 0 Å². The van der Waals surface area contributed by atoms with E-state index in [9.17, 15) is 0 Å². The van der Waals surface area contributed by atoms with Gasteiger partial charge in [0.2, 0.25) is 0 Å². The highest BCUT2D eigenvalue weighted by Crippen LogP contribution is 2.08. The van der Waals surface area contributed by atoms with E-state index in [2.05, 4.69) is 32.4 Å². The molecule has 0 saturated carbocycles. The molecule has 0 saturated heterocycles. The molecule has 0 amide bonds. The molecule has 0 rings (SSSR count). The van der Waals surface area contributed by atoms with Crippen LogP contribution in [-0.4, -0.2) is 28.7 Å².